The van der Waals surface area contributed by atoms with Gasteiger partial charge in [0.05, 0.1) is 18.9 Å². The van der Waals surface area contributed by atoms with Crippen molar-refractivity contribution in [2.24, 2.45) is 5.92 Å². The lowest BCUT2D eigenvalue weighted by atomic mass is 9.99. The van der Waals surface area contributed by atoms with Crippen molar-refractivity contribution < 1.29 is 14.3 Å². The van der Waals surface area contributed by atoms with Gasteiger partial charge in [-0.25, -0.2) is 0 Å². The molecule has 1 heterocycles. The van der Waals surface area contributed by atoms with Crippen LogP contribution >= 0.6 is 12.4 Å². The molecule has 6 nitrogen and oxygen atoms in total. The lowest BCUT2D eigenvalue weighted by molar-refractivity contribution is -0.121. The van der Waals surface area contributed by atoms with Crippen LogP contribution in [-0.2, 0) is 9.59 Å². The maximum Gasteiger partial charge on any atom is 0.228 e. The highest BCUT2D eigenvalue weighted by molar-refractivity contribution is 5.92. The van der Waals surface area contributed by atoms with Crippen molar-refractivity contribution in [3.63, 3.8) is 0 Å². The Labute approximate surface area is 142 Å². The quantitative estimate of drug-likeness (QED) is 0.733. The second kappa shape index (κ2) is 10.1. The van der Waals surface area contributed by atoms with E-state index < -0.39 is 0 Å². The molecule has 0 saturated carbocycles. The summed E-state index contributed by atoms with van der Waals surface area (Å²) in [6.07, 6.45) is 2.29. The minimum Gasteiger partial charge on any atom is -0.493 e. The topological polar surface area (TPSA) is 79.5 Å². The van der Waals surface area contributed by atoms with Gasteiger partial charge < -0.3 is 20.7 Å². The average Bonchev–Trinajstić information content (AvgIpc) is 2.57. The van der Waals surface area contributed by atoms with Crippen LogP contribution in [0.5, 0.6) is 5.75 Å². The predicted molar refractivity (Wildman–Crippen MR) is 92.1 cm³/mol. The molecule has 1 aromatic carbocycles. The predicted octanol–water partition coefficient (Wildman–Crippen LogP) is 1.56. The Morgan fingerprint density at radius 1 is 1.30 bits per heavy atom. The Bertz CT molecular complexity index is 502. The molecule has 0 aromatic heterocycles. The molecule has 0 spiro atoms. The zero-order chi connectivity index (χ0) is 15.8. The van der Waals surface area contributed by atoms with Crippen molar-refractivity contribution in [1.29, 1.82) is 0 Å². The Balaban J connectivity index is 0.00000264. The van der Waals surface area contributed by atoms with Crippen molar-refractivity contribution in [3.05, 3.63) is 24.3 Å². The normalized spacial score (nSPS) is 16.8. The second-order valence-electron chi connectivity index (χ2n) is 5.33. The minimum absolute atomic E-state index is 0. The molecule has 1 atom stereocenters. The molecule has 3 N–H and O–H groups in total. The summed E-state index contributed by atoms with van der Waals surface area (Å²) in [6, 6.07) is 7.20. The first-order chi connectivity index (χ1) is 10.7. The number of amides is 2. The summed E-state index contributed by atoms with van der Waals surface area (Å²) in [5.74, 6) is 0.726. The molecule has 23 heavy (non-hydrogen) atoms. The van der Waals surface area contributed by atoms with Crippen LogP contribution in [0.2, 0.25) is 0 Å². The first kappa shape index (κ1) is 19.3. The molecule has 1 aromatic rings. The van der Waals surface area contributed by atoms with Gasteiger partial charge in [0.1, 0.15) is 5.75 Å². The van der Waals surface area contributed by atoms with Gasteiger partial charge in [-0.3, -0.25) is 9.59 Å². The van der Waals surface area contributed by atoms with Gasteiger partial charge in [0, 0.05) is 19.3 Å². The number of halogens is 1. The molecule has 1 saturated heterocycles. The smallest absolute Gasteiger partial charge is 0.228 e. The molecule has 2 rings (SSSR count). The van der Waals surface area contributed by atoms with Crippen LogP contribution in [0.3, 0.4) is 0 Å². The highest BCUT2D eigenvalue weighted by atomic mass is 35.5. The van der Waals surface area contributed by atoms with E-state index in [1.165, 1.54) is 0 Å². The van der Waals surface area contributed by atoms with Gasteiger partial charge >= 0.3 is 0 Å². The molecular weight excluding hydrogens is 318 g/mol. The van der Waals surface area contributed by atoms with Crippen molar-refractivity contribution in [3.8, 4) is 5.75 Å². The van der Waals surface area contributed by atoms with E-state index in [2.05, 4.69) is 16.0 Å². The van der Waals surface area contributed by atoms with Crippen molar-refractivity contribution in [2.75, 3.05) is 32.1 Å². The minimum atomic E-state index is -0.0509. The lowest BCUT2D eigenvalue weighted by Crippen LogP contribution is -2.37. The zero-order valence-corrected chi connectivity index (χ0v) is 14.1. The number of ether oxygens (including phenoxy) is 1. The highest BCUT2D eigenvalue weighted by Gasteiger charge is 2.20. The number of benzene rings is 1. The number of hydrogen-bond donors (Lipinski definition) is 3. The molecule has 0 aliphatic carbocycles. The lowest BCUT2D eigenvalue weighted by Gasteiger charge is -2.21. The molecule has 0 radical (unpaired) electrons. The van der Waals surface area contributed by atoms with Gasteiger partial charge in [-0.05, 0) is 43.7 Å². The summed E-state index contributed by atoms with van der Waals surface area (Å²) in [5, 5.41) is 8.70. The molecule has 7 heteroatoms. The summed E-state index contributed by atoms with van der Waals surface area (Å²) in [5.41, 5.74) is 0.759. The van der Waals surface area contributed by atoms with E-state index >= 15 is 0 Å². The molecule has 1 fully saturated rings. The number of hydrogen-bond acceptors (Lipinski definition) is 4. The molecular formula is C16H24ClN3O3. The van der Waals surface area contributed by atoms with E-state index in [1.54, 1.807) is 19.2 Å². The van der Waals surface area contributed by atoms with Crippen LogP contribution in [0, 0.1) is 5.92 Å². The fraction of sp³-hybridized carbons (Fsp3) is 0.500. The third kappa shape index (κ3) is 6.46. The van der Waals surface area contributed by atoms with Crippen LogP contribution in [0.4, 0.5) is 5.69 Å². The van der Waals surface area contributed by atoms with Gasteiger partial charge in [0.2, 0.25) is 11.8 Å². The number of rotatable bonds is 6. The SMILES string of the molecule is CNC(=O)CCOc1ccc(NC(=O)C2CCCNC2)cc1.Cl. The van der Waals surface area contributed by atoms with Gasteiger partial charge in [0.15, 0.2) is 0 Å². The summed E-state index contributed by atoms with van der Waals surface area (Å²) in [7, 11) is 1.60. The maximum absolute atomic E-state index is 12.1. The first-order valence-electron chi connectivity index (χ1n) is 7.64. The van der Waals surface area contributed by atoms with Crippen LogP contribution in [0.1, 0.15) is 19.3 Å². The van der Waals surface area contributed by atoms with E-state index in [0.29, 0.717) is 18.8 Å². The highest BCUT2D eigenvalue weighted by Crippen LogP contribution is 2.18. The van der Waals surface area contributed by atoms with Gasteiger partial charge in [-0.1, -0.05) is 0 Å². The van der Waals surface area contributed by atoms with E-state index in [4.69, 9.17) is 4.74 Å². The van der Waals surface area contributed by atoms with Crippen molar-refractivity contribution in [1.82, 2.24) is 10.6 Å². The fourth-order valence-corrected chi connectivity index (χ4v) is 2.34. The van der Waals surface area contributed by atoms with E-state index in [9.17, 15) is 9.59 Å². The Morgan fingerprint density at radius 2 is 2.04 bits per heavy atom. The summed E-state index contributed by atoms with van der Waals surface area (Å²) in [4.78, 5) is 23.2. The molecule has 1 unspecified atom stereocenters. The summed E-state index contributed by atoms with van der Waals surface area (Å²) < 4.78 is 5.47. The maximum atomic E-state index is 12.1. The molecule has 0 bridgehead atoms. The largest absolute Gasteiger partial charge is 0.493 e. The van der Waals surface area contributed by atoms with Gasteiger partial charge in [-0.2, -0.15) is 0 Å². The number of carbonyl (C=O) groups is 2. The van der Waals surface area contributed by atoms with E-state index in [1.807, 2.05) is 12.1 Å². The Hall–Kier alpha value is -1.79. The van der Waals surface area contributed by atoms with Crippen molar-refractivity contribution >= 4 is 29.9 Å². The average molecular weight is 342 g/mol. The molecule has 1 aliphatic rings. The Morgan fingerprint density at radius 3 is 2.65 bits per heavy atom. The van der Waals surface area contributed by atoms with Gasteiger partial charge in [-0.15, -0.1) is 12.4 Å². The van der Waals surface area contributed by atoms with Crippen LogP contribution < -0.4 is 20.7 Å². The van der Waals surface area contributed by atoms with E-state index in [-0.39, 0.29) is 30.1 Å². The van der Waals surface area contributed by atoms with Crippen LogP contribution in [0.25, 0.3) is 0 Å². The zero-order valence-electron chi connectivity index (χ0n) is 13.3. The number of anilines is 1. The van der Waals surface area contributed by atoms with Crippen LogP contribution in [-0.4, -0.2) is 38.6 Å². The Kier molecular flexibility index (Phi) is 8.43. The third-order valence-electron chi connectivity index (χ3n) is 3.67. The number of piperidine rings is 1. The number of carbonyl (C=O) groups excluding carboxylic acids is 2. The van der Waals surface area contributed by atoms with Crippen molar-refractivity contribution in [2.45, 2.75) is 19.3 Å². The third-order valence-corrected chi connectivity index (χ3v) is 3.67. The molecule has 1 aliphatic heterocycles. The number of nitrogens with one attached hydrogen (secondary N) is 3. The second-order valence-corrected chi connectivity index (χ2v) is 5.33. The summed E-state index contributed by atoms with van der Waals surface area (Å²) >= 11 is 0. The summed E-state index contributed by atoms with van der Waals surface area (Å²) in [6.45, 7) is 2.07. The molecule has 128 valence electrons. The van der Waals surface area contributed by atoms with E-state index in [0.717, 1.165) is 31.6 Å². The monoisotopic (exact) mass is 341 g/mol. The van der Waals surface area contributed by atoms with Crippen LogP contribution in [0.15, 0.2) is 24.3 Å². The van der Waals surface area contributed by atoms with Gasteiger partial charge in [0.25, 0.3) is 0 Å². The fourth-order valence-electron chi connectivity index (χ4n) is 2.34. The standard InChI is InChI=1S/C16H23N3O3.ClH/c1-17-15(20)8-10-22-14-6-4-13(5-7-14)19-16(21)12-3-2-9-18-11-12;/h4-7,12,18H,2-3,8-11H2,1H3,(H,17,20)(H,19,21);1H. The first-order valence-corrected chi connectivity index (χ1v) is 7.64. The molecule has 2 amide bonds.